The number of nitrogens with one attached hydrogen (secondary N) is 2. The van der Waals surface area contributed by atoms with Gasteiger partial charge in [0.05, 0.1) is 6.61 Å². The molecule has 2 rings (SSSR count). The normalized spacial score (nSPS) is 18.0. The van der Waals surface area contributed by atoms with Crippen molar-refractivity contribution in [2.45, 2.75) is 19.8 Å². The lowest BCUT2D eigenvalue weighted by Gasteiger charge is -2.16. The maximum Gasteiger partial charge on any atom is 0.191 e. The fourth-order valence-electron chi connectivity index (χ4n) is 3.03. The van der Waals surface area contributed by atoms with Gasteiger partial charge in [0, 0.05) is 39.8 Å². The zero-order chi connectivity index (χ0) is 17.0. The molecular formula is C19H33IN4O. The predicted octanol–water partition coefficient (Wildman–Crippen LogP) is 2.37. The van der Waals surface area contributed by atoms with Gasteiger partial charge in [-0.1, -0.05) is 30.3 Å². The van der Waals surface area contributed by atoms with Crippen LogP contribution in [0.25, 0.3) is 0 Å². The van der Waals surface area contributed by atoms with Gasteiger partial charge in [-0.25, -0.2) is 0 Å². The molecule has 1 fully saturated rings. The minimum Gasteiger partial charge on any atom is -0.383 e. The Kier molecular flexibility index (Phi) is 11.9. The number of halogens is 1. The van der Waals surface area contributed by atoms with E-state index in [0.29, 0.717) is 12.5 Å². The standard InChI is InChI=1S/C19H32N4O.HI/c1-3-20-19(21-11-14-24-2)22-15-18-10-13-23(16-18)12-9-17-7-5-4-6-8-17;/h4-8,18H,3,9-16H2,1-2H3,(H2,20,21,22);1H. The number of benzene rings is 1. The third-order valence-corrected chi connectivity index (χ3v) is 4.38. The van der Waals surface area contributed by atoms with Gasteiger partial charge in [0.25, 0.3) is 0 Å². The van der Waals surface area contributed by atoms with Gasteiger partial charge >= 0.3 is 0 Å². The van der Waals surface area contributed by atoms with E-state index in [1.807, 2.05) is 0 Å². The Labute approximate surface area is 169 Å². The molecule has 1 aromatic rings. The summed E-state index contributed by atoms with van der Waals surface area (Å²) in [5.41, 5.74) is 1.43. The number of methoxy groups -OCH3 is 1. The first-order valence-corrected chi connectivity index (χ1v) is 9.09. The zero-order valence-electron chi connectivity index (χ0n) is 15.5. The van der Waals surface area contributed by atoms with Gasteiger partial charge in [-0.15, -0.1) is 24.0 Å². The maximum atomic E-state index is 5.07. The summed E-state index contributed by atoms with van der Waals surface area (Å²) >= 11 is 0. The van der Waals surface area contributed by atoms with Crippen molar-refractivity contribution < 1.29 is 4.74 Å². The van der Waals surface area contributed by atoms with Crippen molar-refractivity contribution in [1.82, 2.24) is 15.5 Å². The van der Waals surface area contributed by atoms with Gasteiger partial charge in [-0.05, 0) is 37.8 Å². The number of hydrogen-bond donors (Lipinski definition) is 2. The fourth-order valence-corrected chi connectivity index (χ4v) is 3.03. The van der Waals surface area contributed by atoms with Crippen LogP contribution < -0.4 is 10.6 Å². The van der Waals surface area contributed by atoms with Crippen LogP contribution in [-0.4, -0.2) is 63.8 Å². The van der Waals surface area contributed by atoms with Crippen LogP contribution in [0.4, 0.5) is 0 Å². The van der Waals surface area contributed by atoms with Crippen molar-refractivity contribution in [3.05, 3.63) is 35.9 Å². The van der Waals surface area contributed by atoms with Gasteiger partial charge in [-0.3, -0.25) is 4.99 Å². The smallest absolute Gasteiger partial charge is 0.191 e. The molecule has 0 spiro atoms. The maximum absolute atomic E-state index is 5.07. The van der Waals surface area contributed by atoms with E-state index in [0.717, 1.165) is 45.1 Å². The first kappa shape index (κ1) is 22.2. The minimum atomic E-state index is 0. The second-order valence-corrected chi connectivity index (χ2v) is 6.33. The average Bonchev–Trinajstić information content (AvgIpc) is 3.07. The van der Waals surface area contributed by atoms with Crippen LogP contribution in [0.5, 0.6) is 0 Å². The van der Waals surface area contributed by atoms with Crippen LogP contribution in [-0.2, 0) is 11.2 Å². The Morgan fingerprint density at radius 3 is 2.80 bits per heavy atom. The van der Waals surface area contributed by atoms with Crippen molar-refractivity contribution in [3.63, 3.8) is 0 Å². The van der Waals surface area contributed by atoms with E-state index in [-0.39, 0.29) is 24.0 Å². The summed E-state index contributed by atoms with van der Waals surface area (Å²) < 4.78 is 5.07. The molecule has 5 nitrogen and oxygen atoms in total. The van der Waals surface area contributed by atoms with Crippen LogP contribution in [0.3, 0.4) is 0 Å². The molecule has 1 aliphatic heterocycles. The predicted molar refractivity (Wildman–Crippen MR) is 116 cm³/mol. The number of aliphatic imine (C=N–C) groups is 1. The molecule has 0 amide bonds. The van der Waals surface area contributed by atoms with Crippen molar-refractivity contribution in [2.75, 3.05) is 53.0 Å². The third kappa shape index (κ3) is 8.87. The van der Waals surface area contributed by atoms with Gasteiger partial charge < -0.3 is 20.3 Å². The number of ether oxygens (including phenoxy) is 1. The lowest BCUT2D eigenvalue weighted by Crippen LogP contribution is -2.39. The molecule has 142 valence electrons. The molecule has 1 saturated heterocycles. The average molecular weight is 460 g/mol. The van der Waals surface area contributed by atoms with Crippen molar-refractivity contribution in [3.8, 4) is 0 Å². The summed E-state index contributed by atoms with van der Waals surface area (Å²) in [6.45, 7) is 8.85. The van der Waals surface area contributed by atoms with Gasteiger partial charge in [0.1, 0.15) is 0 Å². The van der Waals surface area contributed by atoms with Gasteiger partial charge in [0.15, 0.2) is 5.96 Å². The number of guanidine groups is 1. The number of likely N-dealkylation sites (tertiary alicyclic amines) is 1. The molecule has 0 aromatic heterocycles. The highest BCUT2D eigenvalue weighted by atomic mass is 127. The van der Waals surface area contributed by atoms with Crippen LogP contribution in [0.15, 0.2) is 35.3 Å². The molecule has 0 aliphatic carbocycles. The summed E-state index contributed by atoms with van der Waals surface area (Å²) in [5.74, 6) is 1.57. The minimum absolute atomic E-state index is 0. The monoisotopic (exact) mass is 460 g/mol. The highest BCUT2D eigenvalue weighted by Crippen LogP contribution is 2.17. The molecule has 25 heavy (non-hydrogen) atoms. The Hall–Kier alpha value is -0.860. The Morgan fingerprint density at radius 2 is 2.08 bits per heavy atom. The van der Waals surface area contributed by atoms with Gasteiger partial charge in [0.2, 0.25) is 0 Å². The van der Waals surface area contributed by atoms with E-state index in [2.05, 4.69) is 52.8 Å². The summed E-state index contributed by atoms with van der Waals surface area (Å²) in [6.07, 6.45) is 2.38. The quantitative estimate of drug-likeness (QED) is 0.257. The second kappa shape index (κ2) is 13.4. The van der Waals surface area contributed by atoms with Crippen molar-refractivity contribution in [1.29, 1.82) is 0 Å². The molecule has 1 aliphatic rings. The Bertz CT molecular complexity index is 484. The molecule has 1 unspecified atom stereocenters. The molecule has 1 atom stereocenters. The topological polar surface area (TPSA) is 48.9 Å². The van der Waals surface area contributed by atoms with E-state index < -0.39 is 0 Å². The van der Waals surface area contributed by atoms with E-state index in [1.165, 1.54) is 18.5 Å². The summed E-state index contributed by atoms with van der Waals surface area (Å²) in [7, 11) is 1.72. The summed E-state index contributed by atoms with van der Waals surface area (Å²) in [6, 6.07) is 10.7. The van der Waals surface area contributed by atoms with Crippen LogP contribution in [0.1, 0.15) is 18.9 Å². The largest absolute Gasteiger partial charge is 0.383 e. The fraction of sp³-hybridized carbons (Fsp3) is 0.632. The summed E-state index contributed by atoms with van der Waals surface area (Å²) in [5, 5.41) is 6.60. The van der Waals surface area contributed by atoms with E-state index in [1.54, 1.807) is 7.11 Å². The lowest BCUT2D eigenvalue weighted by molar-refractivity contribution is 0.203. The summed E-state index contributed by atoms with van der Waals surface area (Å²) in [4.78, 5) is 7.30. The highest BCUT2D eigenvalue weighted by Gasteiger charge is 2.21. The second-order valence-electron chi connectivity index (χ2n) is 6.33. The first-order valence-electron chi connectivity index (χ1n) is 9.09. The highest BCUT2D eigenvalue weighted by molar-refractivity contribution is 14.0. The zero-order valence-corrected chi connectivity index (χ0v) is 17.9. The van der Waals surface area contributed by atoms with Crippen molar-refractivity contribution in [2.24, 2.45) is 10.9 Å². The molecular weight excluding hydrogens is 427 g/mol. The molecule has 1 aromatic carbocycles. The third-order valence-electron chi connectivity index (χ3n) is 4.38. The number of nitrogens with zero attached hydrogens (tertiary/aromatic N) is 2. The van der Waals surface area contributed by atoms with Crippen LogP contribution in [0.2, 0.25) is 0 Å². The van der Waals surface area contributed by atoms with Gasteiger partial charge in [-0.2, -0.15) is 0 Å². The van der Waals surface area contributed by atoms with E-state index in [4.69, 9.17) is 9.73 Å². The lowest BCUT2D eigenvalue weighted by atomic mass is 10.1. The van der Waals surface area contributed by atoms with Crippen LogP contribution in [0, 0.1) is 5.92 Å². The molecule has 0 radical (unpaired) electrons. The first-order chi connectivity index (χ1) is 11.8. The number of rotatable bonds is 9. The SMILES string of the molecule is CCNC(=NCC1CCN(CCc2ccccc2)C1)NCCOC.I. The van der Waals surface area contributed by atoms with Crippen LogP contribution >= 0.6 is 24.0 Å². The molecule has 0 bridgehead atoms. The molecule has 6 heteroatoms. The Morgan fingerprint density at radius 1 is 1.28 bits per heavy atom. The Balaban J connectivity index is 0.00000312. The molecule has 2 N–H and O–H groups in total. The van der Waals surface area contributed by atoms with Crippen molar-refractivity contribution >= 4 is 29.9 Å². The molecule has 1 heterocycles. The molecule has 0 saturated carbocycles. The van der Waals surface area contributed by atoms with E-state index >= 15 is 0 Å². The number of hydrogen-bond acceptors (Lipinski definition) is 3. The van der Waals surface area contributed by atoms with E-state index in [9.17, 15) is 0 Å².